The van der Waals surface area contributed by atoms with E-state index in [0.29, 0.717) is 13.2 Å². The minimum absolute atomic E-state index is 0.299. The van der Waals surface area contributed by atoms with Crippen LogP contribution < -0.4 is 0 Å². The highest BCUT2D eigenvalue weighted by Gasteiger charge is 2.55. The first-order valence-corrected chi connectivity index (χ1v) is 6.83. The van der Waals surface area contributed by atoms with Crippen molar-refractivity contribution in [2.24, 2.45) is 0 Å². The van der Waals surface area contributed by atoms with Crippen LogP contribution in [0.5, 0.6) is 0 Å². The molecule has 0 aromatic heterocycles. The zero-order chi connectivity index (χ0) is 16.3. The lowest BCUT2D eigenvalue weighted by Crippen LogP contribution is -2.59. The number of esters is 3. The molecule has 122 valence electrons. The molecule has 0 radical (unpaired) electrons. The van der Waals surface area contributed by atoms with Crippen molar-refractivity contribution >= 4 is 17.9 Å². The summed E-state index contributed by atoms with van der Waals surface area (Å²) >= 11 is 0. The van der Waals surface area contributed by atoms with Gasteiger partial charge in [-0.3, -0.25) is 14.4 Å². The number of hydrogen-bond acceptors (Lipinski definition) is 8. The first-order chi connectivity index (χ1) is 10.3. The van der Waals surface area contributed by atoms with E-state index in [1.807, 2.05) is 0 Å². The lowest BCUT2D eigenvalue weighted by atomic mass is 9.92. The van der Waals surface area contributed by atoms with Crippen LogP contribution in [0.2, 0.25) is 0 Å². The Hall–Kier alpha value is -1.93. The monoisotopic (exact) mass is 314 g/mol. The fourth-order valence-electron chi connectivity index (χ4n) is 2.49. The van der Waals surface area contributed by atoms with Crippen LogP contribution in [0.1, 0.15) is 20.8 Å². The third kappa shape index (κ3) is 3.45. The first-order valence-electron chi connectivity index (χ1n) is 6.83. The van der Waals surface area contributed by atoms with Crippen molar-refractivity contribution in [1.29, 1.82) is 0 Å². The highest BCUT2D eigenvalue weighted by Crippen LogP contribution is 2.36. The molecule has 8 nitrogen and oxygen atoms in total. The fourth-order valence-corrected chi connectivity index (χ4v) is 2.49. The third-order valence-electron chi connectivity index (χ3n) is 3.17. The van der Waals surface area contributed by atoms with Crippen LogP contribution in [-0.2, 0) is 38.1 Å². The van der Waals surface area contributed by atoms with E-state index in [1.165, 1.54) is 32.9 Å². The van der Waals surface area contributed by atoms with Gasteiger partial charge in [-0.25, -0.2) is 0 Å². The quantitative estimate of drug-likeness (QED) is 0.411. The van der Waals surface area contributed by atoms with E-state index >= 15 is 0 Å². The second-order valence-electron chi connectivity index (χ2n) is 4.96. The van der Waals surface area contributed by atoms with Crippen molar-refractivity contribution in [3.8, 4) is 0 Å². The van der Waals surface area contributed by atoms with Crippen LogP contribution in [0.4, 0.5) is 0 Å². The molecule has 0 amide bonds. The van der Waals surface area contributed by atoms with Crippen molar-refractivity contribution in [2.45, 2.75) is 44.9 Å². The molecule has 0 unspecified atom stereocenters. The van der Waals surface area contributed by atoms with E-state index in [9.17, 15) is 14.4 Å². The maximum atomic E-state index is 11.4. The number of hydrogen-bond donors (Lipinski definition) is 0. The van der Waals surface area contributed by atoms with Crippen LogP contribution in [0.15, 0.2) is 12.2 Å². The molecule has 1 heterocycles. The molecular formula is C14H18O8. The van der Waals surface area contributed by atoms with E-state index in [0.717, 1.165) is 0 Å². The van der Waals surface area contributed by atoms with Gasteiger partial charge in [0, 0.05) is 20.8 Å². The lowest BCUT2D eigenvalue weighted by Gasteiger charge is -2.41. The second-order valence-corrected chi connectivity index (χ2v) is 4.96. The van der Waals surface area contributed by atoms with Gasteiger partial charge in [0.05, 0.1) is 13.2 Å². The van der Waals surface area contributed by atoms with E-state index in [-0.39, 0.29) is 0 Å². The summed E-state index contributed by atoms with van der Waals surface area (Å²) < 4.78 is 26.6. The lowest BCUT2D eigenvalue weighted by molar-refractivity contribution is -0.246. The van der Waals surface area contributed by atoms with E-state index in [1.54, 1.807) is 0 Å². The van der Waals surface area contributed by atoms with E-state index in [4.69, 9.17) is 23.7 Å². The number of ether oxygens (including phenoxy) is 5. The molecule has 0 aromatic carbocycles. The summed E-state index contributed by atoms with van der Waals surface area (Å²) in [4.78, 5) is 34.0. The summed E-state index contributed by atoms with van der Waals surface area (Å²) in [5.74, 6) is -3.11. The molecular weight excluding hydrogens is 296 g/mol. The molecule has 0 saturated carbocycles. The van der Waals surface area contributed by atoms with Crippen molar-refractivity contribution in [3.05, 3.63) is 12.2 Å². The van der Waals surface area contributed by atoms with Gasteiger partial charge in [0.1, 0.15) is 0 Å². The fraction of sp³-hybridized carbons (Fsp3) is 0.643. The van der Waals surface area contributed by atoms with Crippen LogP contribution in [0.25, 0.3) is 0 Å². The van der Waals surface area contributed by atoms with Crippen molar-refractivity contribution in [3.63, 3.8) is 0 Å². The number of carbonyl (C=O) groups is 3. The normalized spacial score (nSPS) is 29.1. The van der Waals surface area contributed by atoms with Gasteiger partial charge in [-0.05, 0) is 12.2 Å². The van der Waals surface area contributed by atoms with Gasteiger partial charge in [-0.1, -0.05) is 0 Å². The summed E-state index contributed by atoms with van der Waals surface area (Å²) in [5, 5.41) is 0. The molecule has 0 aromatic rings. The molecule has 22 heavy (non-hydrogen) atoms. The van der Waals surface area contributed by atoms with E-state index < -0.39 is 42.0 Å². The molecule has 8 heteroatoms. The predicted octanol–water partition coefficient (Wildman–Crippen LogP) is 0.0944. The summed E-state index contributed by atoms with van der Waals surface area (Å²) in [5.41, 5.74) is 0. The molecule has 1 aliphatic heterocycles. The van der Waals surface area contributed by atoms with Gasteiger partial charge in [-0.15, -0.1) is 0 Å². The zero-order valence-corrected chi connectivity index (χ0v) is 12.6. The van der Waals surface area contributed by atoms with Gasteiger partial charge in [0.25, 0.3) is 0 Å². The third-order valence-corrected chi connectivity index (χ3v) is 3.17. The topological polar surface area (TPSA) is 97.4 Å². The zero-order valence-electron chi connectivity index (χ0n) is 12.6. The molecule has 1 fully saturated rings. The maximum absolute atomic E-state index is 11.4. The molecule has 1 spiro atoms. The average molecular weight is 314 g/mol. The first kappa shape index (κ1) is 16.4. The SMILES string of the molecule is CC(=O)O[C@H]1[C@@H](OC(C)=O)C2(C=C[C@H]1OC(C)=O)OCCO2. The Morgan fingerprint density at radius 1 is 0.955 bits per heavy atom. The Labute approximate surface area is 127 Å². The van der Waals surface area contributed by atoms with Gasteiger partial charge >= 0.3 is 17.9 Å². The largest absolute Gasteiger partial charge is 0.454 e. The minimum atomic E-state index is -1.34. The summed E-state index contributed by atoms with van der Waals surface area (Å²) in [6.45, 7) is 4.25. The molecule has 1 aliphatic carbocycles. The van der Waals surface area contributed by atoms with Gasteiger partial charge in [0.2, 0.25) is 5.79 Å². The Kier molecular flexibility index (Phi) is 4.82. The van der Waals surface area contributed by atoms with Crippen LogP contribution in [-0.4, -0.2) is 55.2 Å². The molecule has 3 atom stereocenters. The highest BCUT2D eigenvalue weighted by atomic mass is 16.8. The molecule has 2 rings (SSSR count). The standard InChI is InChI=1S/C14H18O8/c1-8(15)20-11-4-5-14(18-6-7-19-14)13(22-10(3)17)12(11)21-9(2)16/h4-5,11-13H,6-7H2,1-3H3/t11-,12-,13-/m1/s1. The van der Waals surface area contributed by atoms with Crippen molar-refractivity contribution in [1.82, 2.24) is 0 Å². The highest BCUT2D eigenvalue weighted by molar-refractivity contribution is 5.68. The molecule has 1 saturated heterocycles. The van der Waals surface area contributed by atoms with Crippen molar-refractivity contribution < 1.29 is 38.1 Å². The molecule has 0 bridgehead atoms. The Bertz CT molecular complexity index is 491. The number of rotatable bonds is 3. The van der Waals surface area contributed by atoms with Gasteiger partial charge in [-0.2, -0.15) is 0 Å². The molecule has 0 N–H and O–H groups in total. The average Bonchev–Trinajstić information content (AvgIpc) is 2.86. The summed E-state index contributed by atoms with van der Waals surface area (Å²) in [6.07, 6.45) is -0.0232. The van der Waals surface area contributed by atoms with E-state index in [2.05, 4.69) is 0 Å². The number of carbonyl (C=O) groups excluding carboxylic acids is 3. The van der Waals surface area contributed by atoms with Crippen LogP contribution in [0, 0.1) is 0 Å². The minimum Gasteiger partial charge on any atom is -0.454 e. The van der Waals surface area contributed by atoms with Crippen LogP contribution in [0.3, 0.4) is 0 Å². The Morgan fingerprint density at radius 2 is 1.50 bits per heavy atom. The maximum Gasteiger partial charge on any atom is 0.303 e. The summed E-state index contributed by atoms with van der Waals surface area (Å²) in [7, 11) is 0. The summed E-state index contributed by atoms with van der Waals surface area (Å²) in [6, 6.07) is 0. The Morgan fingerprint density at radius 3 is 2.00 bits per heavy atom. The second kappa shape index (κ2) is 6.45. The smallest absolute Gasteiger partial charge is 0.303 e. The predicted molar refractivity (Wildman–Crippen MR) is 70.4 cm³/mol. The Balaban J connectivity index is 2.36. The van der Waals surface area contributed by atoms with Crippen LogP contribution >= 0.6 is 0 Å². The van der Waals surface area contributed by atoms with Gasteiger partial charge < -0.3 is 23.7 Å². The van der Waals surface area contributed by atoms with Gasteiger partial charge in [0.15, 0.2) is 18.3 Å². The molecule has 2 aliphatic rings. The van der Waals surface area contributed by atoms with Crippen molar-refractivity contribution in [2.75, 3.05) is 13.2 Å².